The summed E-state index contributed by atoms with van der Waals surface area (Å²) in [6, 6.07) is 0. The topological polar surface area (TPSA) is 30.2 Å². The van der Waals surface area contributed by atoms with Crippen LogP contribution in [-0.4, -0.2) is 15.8 Å². The Balaban J connectivity index is 2.11. The maximum atomic E-state index is 4.79. The molecule has 0 saturated heterocycles. The quantitative estimate of drug-likeness (QED) is 0.690. The van der Waals surface area contributed by atoms with Gasteiger partial charge in [-0.25, -0.2) is 9.98 Å². The summed E-state index contributed by atoms with van der Waals surface area (Å²) in [6.45, 7) is 4.46. The molecular formula is C12H17N3. The largest absolute Gasteiger partial charge is 0.316 e. The molecule has 1 aliphatic heterocycles. The second-order valence-electron chi connectivity index (χ2n) is 4.94. The van der Waals surface area contributed by atoms with Crippen molar-refractivity contribution in [2.24, 2.45) is 18.0 Å². The molecule has 2 heterocycles. The van der Waals surface area contributed by atoms with Crippen molar-refractivity contribution in [1.82, 2.24) is 9.55 Å². The lowest BCUT2D eigenvalue weighted by Gasteiger charge is -2.18. The average molecular weight is 203 g/mol. The van der Waals surface area contributed by atoms with Gasteiger partial charge in [0.05, 0.1) is 5.69 Å². The van der Waals surface area contributed by atoms with Gasteiger partial charge in [-0.05, 0) is 18.8 Å². The summed E-state index contributed by atoms with van der Waals surface area (Å²) in [5.74, 6) is 4.06. The smallest absolute Gasteiger partial charge is 0.155 e. The molecule has 0 N–H and O–H groups in total. The summed E-state index contributed by atoms with van der Waals surface area (Å²) < 4.78 is 2.19. The van der Waals surface area contributed by atoms with Crippen molar-refractivity contribution < 1.29 is 0 Å². The van der Waals surface area contributed by atoms with E-state index in [1.54, 1.807) is 0 Å². The van der Waals surface area contributed by atoms with Crippen LogP contribution in [0, 0.1) is 5.92 Å². The number of hydrogen-bond donors (Lipinski definition) is 0. The first-order valence-corrected chi connectivity index (χ1v) is 5.79. The summed E-state index contributed by atoms with van der Waals surface area (Å²) in [5.41, 5.74) is 1.20. The Kier molecular flexibility index (Phi) is 1.79. The number of aliphatic imine (C=N–C) groups is 1. The third kappa shape index (κ3) is 1.25. The van der Waals surface area contributed by atoms with Crippen molar-refractivity contribution in [1.29, 1.82) is 0 Å². The Labute approximate surface area is 90.2 Å². The highest BCUT2D eigenvalue weighted by molar-refractivity contribution is 5.70. The van der Waals surface area contributed by atoms with E-state index >= 15 is 0 Å². The van der Waals surface area contributed by atoms with Crippen molar-refractivity contribution in [3.8, 4) is 0 Å². The number of nitrogens with zero attached hydrogens (tertiary/aromatic N) is 3. The minimum atomic E-state index is 0.510. The minimum Gasteiger partial charge on any atom is -0.316 e. The Morgan fingerprint density at radius 1 is 1.33 bits per heavy atom. The fourth-order valence-corrected chi connectivity index (χ4v) is 2.26. The maximum absolute atomic E-state index is 4.79. The van der Waals surface area contributed by atoms with Gasteiger partial charge >= 0.3 is 0 Å². The molecule has 0 aromatic carbocycles. The molecular weight excluding hydrogens is 186 g/mol. The molecule has 0 bridgehead atoms. The standard InChI is InChI=1S/C12H17N3/c1-7-6-13-12-10(8(7)2)14-11(15(12)3)9-4-5-9/h6-9H,4-5H2,1-3H3. The van der Waals surface area contributed by atoms with Gasteiger partial charge in [-0.2, -0.15) is 0 Å². The molecule has 0 spiro atoms. The van der Waals surface area contributed by atoms with Crippen molar-refractivity contribution in [2.45, 2.75) is 38.5 Å². The van der Waals surface area contributed by atoms with Crippen LogP contribution >= 0.6 is 0 Å². The van der Waals surface area contributed by atoms with E-state index in [4.69, 9.17) is 4.98 Å². The molecule has 3 heteroatoms. The molecule has 1 aliphatic carbocycles. The van der Waals surface area contributed by atoms with Crippen molar-refractivity contribution in [3.63, 3.8) is 0 Å². The molecule has 15 heavy (non-hydrogen) atoms. The lowest BCUT2D eigenvalue weighted by Crippen LogP contribution is -2.12. The number of fused-ring (bicyclic) bond motifs is 1. The monoisotopic (exact) mass is 203 g/mol. The van der Waals surface area contributed by atoms with Gasteiger partial charge in [0.2, 0.25) is 0 Å². The second-order valence-corrected chi connectivity index (χ2v) is 4.94. The van der Waals surface area contributed by atoms with Crippen LogP contribution in [0.1, 0.15) is 50.0 Å². The summed E-state index contributed by atoms with van der Waals surface area (Å²) in [4.78, 5) is 9.32. The van der Waals surface area contributed by atoms with E-state index in [2.05, 4.69) is 36.7 Å². The van der Waals surface area contributed by atoms with Crippen LogP contribution in [0.25, 0.3) is 0 Å². The molecule has 1 aromatic rings. The van der Waals surface area contributed by atoms with Crippen LogP contribution in [0.3, 0.4) is 0 Å². The van der Waals surface area contributed by atoms with Gasteiger partial charge in [-0.1, -0.05) is 13.8 Å². The zero-order valence-corrected chi connectivity index (χ0v) is 9.57. The van der Waals surface area contributed by atoms with Crippen molar-refractivity contribution >= 4 is 12.0 Å². The molecule has 2 unspecified atom stereocenters. The molecule has 1 aromatic heterocycles. The van der Waals surface area contributed by atoms with Gasteiger partial charge in [0.25, 0.3) is 0 Å². The van der Waals surface area contributed by atoms with Gasteiger partial charge in [-0.3, -0.25) is 0 Å². The Morgan fingerprint density at radius 3 is 2.73 bits per heavy atom. The zero-order chi connectivity index (χ0) is 10.6. The van der Waals surface area contributed by atoms with Crippen LogP contribution in [0.5, 0.6) is 0 Å². The SMILES string of the molecule is CC1C=Nc2c(nc(C3CC3)n2C)C1C. The number of hydrogen-bond acceptors (Lipinski definition) is 2. The molecule has 1 fully saturated rings. The fourth-order valence-electron chi connectivity index (χ4n) is 2.26. The number of aromatic nitrogens is 2. The third-order valence-corrected chi connectivity index (χ3v) is 3.72. The predicted molar refractivity (Wildman–Crippen MR) is 60.9 cm³/mol. The highest BCUT2D eigenvalue weighted by Crippen LogP contribution is 2.43. The Bertz CT molecular complexity index is 426. The molecule has 2 atom stereocenters. The van der Waals surface area contributed by atoms with E-state index in [1.807, 2.05) is 0 Å². The molecule has 2 aliphatic rings. The minimum absolute atomic E-state index is 0.510. The first-order valence-electron chi connectivity index (χ1n) is 5.79. The zero-order valence-electron chi connectivity index (χ0n) is 9.57. The molecule has 3 nitrogen and oxygen atoms in total. The summed E-state index contributed by atoms with van der Waals surface area (Å²) in [7, 11) is 2.10. The van der Waals surface area contributed by atoms with Crippen molar-refractivity contribution in [2.75, 3.05) is 0 Å². The first kappa shape index (κ1) is 9.13. The van der Waals surface area contributed by atoms with Gasteiger partial charge in [0, 0.05) is 25.1 Å². The first-order chi connectivity index (χ1) is 7.18. The van der Waals surface area contributed by atoms with Crippen molar-refractivity contribution in [3.05, 3.63) is 11.5 Å². The van der Waals surface area contributed by atoms with Gasteiger partial charge in [-0.15, -0.1) is 0 Å². The fraction of sp³-hybridized carbons (Fsp3) is 0.667. The van der Waals surface area contributed by atoms with Crippen LogP contribution in [0.2, 0.25) is 0 Å². The van der Waals surface area contributed by atoms with Crippen LogP contribution in [0.4, 0.5) is 5.82 Å². The van der Waals surface area contributed by atoms with E-state index in [1.165, 1.54) is 24.4 Å². The van der Waals surface area contributed by atoms with Crippen LogP contribution < -0.4 is 0 Å². The Hall–Kier alpha value is -1.12. The molecule has 0 radical (unpaired) electrons. The molecule has 3 rings (SSSR count). The van der Waals surface area contributed by atoms with E-state index in [0.29, 0.717) is 17.8 Å². The van der Waals surface area contributed by atoms with Crippen LogP contribution in [0.15, 0.2) is 4.99 Å². The molecule has 1 saturated carbocycles. The predicted octanol–water partition coefficient (Wildman–Crippen LogP) is 2.75. The third-order valence-electron chi connectivity index (χ3n) is 3.72. The van der Waals surface area contributed by atoms with E-state index in [-0.39, 0.29) is 0 Å². The summed E-state index contributed by atoms with van der Waals surface area (Å²) in [5, 5.41) is 0. The summed E-state index contributed by atoms with van der Waals surface area (Å²) >= 11 is 0. The lowest BCUT2D eigenvalue weighted by molar-refractivity contribution is 0.610. The van der Waals surface area contributed by atoms with Gasteiger partial charge in [0.15, 0.2) is 5.82 Å². The number of imidazole rings is 1. The van der Waals surface area contributed by atoms with Gasteiger partial charge < -0.3 is 4.57 Å². The molecule has 80 valence electrons. The van der Waals surface area contributed by atoms with Crippen LogP contribution in [-0.2, 0) is 7.05 Å². The molecule has 0 amide bonds. The lowest BCUT2D eigenvalue weighted by atomic mass is 9.92. The summed E-state index contributed by atoms with van der Waals surface area (Å²) in [6.07, 6.45) is 4.67. The average Bonchev–Trinajstić information content (AvgIpc) is 2.99. The Morgan fingerprint density at radius 2 is 2.07 bits per heavy atom. The number of rotatable bonds is 1. The van der Waals surface area contributed by atoms with E-state index in [0.717, 1.165) is 5.82 Å². The van der Waals surface area contributed by atoms with E-state index < -0.39 is 0 Å². The second kappa shape index (κ2) is 2.94. The van der Waals surface area contributed by atoms with E-state index in [9.17, 15) is 0 Å². The highest BCUT2D eigenvalue weighted by Gasteiger charge is 2.33. The maximum Gasteiger partial charge on any atom is 0.155 e. The normalized spacial score (nSPS) is 29.3. The highest BCUT2D eigenvalue weighted by atomic mass is 15.2. The van der Waals surface area contributed by atoms with Gasteiger partial charge in [0.1, 0.15) is 5.82 Å².